The first-order valence-corrected chi connectivity index (χ1v) is 6.76. The molecule has 0 fully saturated rings. The molecule has 0 aliphatic heterocycles. The topological polar surface area (TPSA) is 84.9 Å². The molecular formula is C15H21NO5. The molecule has 6 nitrogen and oxygen atoms in total. The standard InChI is InChI=1S/C15H21NO5/c1-10(2)21-13-7-6-11(15(18)19)9-12(13)16-14(17)5-4-8-20-3/h6-7,9-10H,4-5,8H2,1-3H3,(H,16,17)(H,18,19). The van der Waals surface area contributed by atoms with Crippen LogP contribution in [0.5, 0.6) is 5.75 Å². The number of rotatable bonds is 8. The van der Waals surface area contributed by atoms with Gasteiger partial charge in [-0.25, -0.2) is 4.79 Å². The van der Waals surface area contributed by atoms with Gasteiger partial charge in [-0.2, -0.15) is 0 Å². The molecule has 0 aliphatic rings. The third kappa shape index (κ3) is 5.83. The van der Waals surface area contributed by atoms with Gasteiger partial charge in [-0.05, 0) is 38.5 Å². The smallest absolute Gasteiger partial charge is 0.335 e. The van der Waals surface area contributed by atoms with Crippen molar-refractivity contribution in [1.82, 2.24) is 0 Å². The fourth-order valence-electron chi connectivity index (χ4n) is 1.71. The minimum atomic E-state index is -1.05. The zero-order chi connectivity index (χ0) is 15.8. The molecule has 1 aromatic carbocycles. The van der Waals surface area contributed by atoms with E-state index in [0.29, 0.717) is 30.9 Å². The van der Waals surface area contributed by atoms with Gasteiger partial charge in [-0.3, -0.25) is 4.79 Å². The second kappa shape index (κ2) is 8.26. The number of ether oxygens (including phenoxy) is 2. The molecule has 0 atom stereocenters. The van der Waals surface area contributed by atoms with Crippen molar-refractivity contribution >= 4 is 17.6 Å². The summed E-state index contributed by atoms with van der Waals surface area (Å²) >= 11 is 0. The molecule has 21 heavy (non-hydrogen) atoms. The van der Waals surface area contributed by atoms with E-state index in [-0.39, 0.29) is 17.6 Å². The minimum Gasteiger partial charge on any atom is -0.489 e. The summed E-state index contributed by atoms with van der Waals surface area (Å²) in [6.45, 7) is 4.21. The molecule has 0 aromatic heterocycles. The lowest BCUT2D eigenvalue weighted by molar-refractivity contribution is -0.116. The summed E-state index contributed by atoms with van der Waals surface area (Å²) in [6, 6.07) is 4.39. The summed E-state index contributed by atoms with van der Waals surface area (Å²) < 4.78 is 10.5. The summed E-state index contributed by atoms with van der Waals surface area (Å²) in [5, 5.41) is 11.7. The van der Waals surface area contributed by atoms with Crippen LogP contribution < -0.4 is 10.1 Å². The van der Waals surface area contributed by atoms with Gasteiger partial charge < -0.3 is 19.9 Å². The number of carbonyl (C=O) groups is 2. The van der Waals surface area contributed by atoms with Gasteiger partial charge in [-0.1, -0.05) is 0 Å². The molecule has 0 aliphatic carbocycles. The molecule has 0 bridgehead atoms. The van der Waals surface area contributed by atoms with Crippen LogP contribution in [-0.2, 0) is 9.53 Å². The normalized spacial score (nSPS) is 10.5. The Morgan fingerprint density at radius 1 is 1.33 bits per heavy atom. The molecule has 0 radical (unpaired) electrons. The van der Waals surface area contributed by atoms with Crippen LogP contribution in [0.3, 0.4) is 0 Å². The molecule has 1 aromatic rings. The summed E-state index contributed by atoms with van der Waals surface area (Å²) in [7, 11) is 1.57. The van der Waals surface area contributed by atoms with E-state index in [0.717, 1.165) is 0 Å². The number of carboxylic acids is 1. The van der Waals surface area contributed by atoms with Crippen LogP contribution in [0.25, 0.3) is 0 Å². The third-order valence-electron chi connectivity index (χ3n) is 2.62. The van der Waals surface area contributed by atoms with E-state index < -0.39 is 5.97 Å². The molecule has 1 rings (SSSR count). The van der Waals surface area contributed by atoms with Crippen molar-refractivity contribution in [3.05, 3.63) is 23.8 Å². The molecule has 6 heteroatoms. The summed E-state index contributed by atoms with van der Waals surface area (Å²) in [4.78, 5) is 22.9. The largest absolute Gasteiger partial charge is 0.489 e. The van der Waals surface area contributed by atoms with E-state index in [1.165, 1.54) is 12.1 Å². The van der Waals surface area contributed by atoms with E-state index in [4.69, 9.17) is 14.6 Å². The van der Waals surface area contributed by atoms with E-state index in [1.54, 1.807) is 13.2 Å². The van der Waals surface area contributed by atoms with Crippen LogP contribution in [0.1, 0.15) is 37.0 Å². The van der Waals surface area contributed by atoms with Gasteiger partial charge in [-0.15, -0.1) is 0 Å². The van der Waals surface area contributed by atoms with Gasteiger partial charge in [0.25, 0.3) is 0 Å². The number of nitrogens with one attached hydrogen (secondary N) is 1. The maximum absolute atomic E-state index is 11.8. The van der Waals surface area contributed by atoms with E-state index in [2.05, 4.69) is 5.32 Å². The average molecular weight is 295 g/mol. The number of carboxylic acid groups (broad SMARTS) is 1. The number of amides is 1. The molecule has 0 saturated heterocycles. The second-order valence-corrected chi connectivity index (χ2v) is 4.83. The van der Waals surface area contributed by atoms with Gasteiger partial charge in [0, 0.05) is 20.1 Å². The lowest BCUT2D eigenvalue weighted by atomic mass is 10.1. The Labute approximate surface area is 124 Å². The SMILES string of the molecule is COCCCC(=O)Nc1cc(C(=O)O)ccc1OC(C)C. The Morgan fingerprint density at radius 2 is 2.05 bits per heavy atom. The highest BCUT2D eigenvalue weighted by Crippen LogP contribution is 2.27. The van der Waals surface area contributed by atoms with Crippen molar-refractivity contribution in [2.45, 2.75) is 32.8 Å². The molecule has 0 saturated carbocycles. The lowest BCUT2D eigenvalue weighted by Gasteiger charge is -2.15. The zero-order valence-corrected chi connectivity index (χ0v) is 12.5. The molecule has 2 N–H and O–H groups in total. The molecule has 116 valence electrons. The Hall–Kier alpha value is -2.08. The Kier molecular flexibility index (Phi) is 6.68. The fraction of sp³-hybridized carbons (Fsp3) is 0.467. The van der Waals surface area contributed by atoms with E-state index >= 15 is 0 Å². The van der Waals surface area contributed by atoms with Crippen LogP contribution in [0.15, 0.2) is 18.2 Å². The van der Waals surface area contributed by atoms with Crippen LogP contribution in [0.2, 0.25) is 0 Å². The number of carbonyl (C=O) groups excluding carboxylic acids is 1. The number of hydrogen-bond acceptors (Lipinski definition) is 4. The van der Waals surface area contributed by atoms with Crippen molar-refractivity contribution in [2.24, 2.45) is 0 Å². The maximum atomic E-state index is 11.8. The van der Waals surface area contributed by atoms with E-state index in [9.17, 15) is 9.59 Å². The lowest BCUT2D eigenvalue weighted by Crippen LogP contribution is -2.15. The number of anilines is 1. The van der Waals surface area contributed by atoms with Gasteiger partial charge in [0.05, 0.1) is 17.4 Å². The van der Waals surface area contributed by atoms with Crippen molar-refractivity contribution in [1.29, 1.82) is 0 Å². The first-order chi connectivity index (χ1) is 9.93. The fourth-order valence-corrected chi connectivity index (χ4v) is 1.71. The maximum Gasteiger partial charge on any atom is 0.335 e. The Morgan fingerprint density at radius 3 is 2.62 bits per heavy atom. The first kappa shape index (κ1) is 17.0. The highest BCUT2D eigenvalue weighted by atomic mass is 16.5. The summed E-state index contributed by atoms with van der Waals surface area (Å²) in [6.07, 6.45) is 0.818. The Balaban J connectivity index is 2.86. The molecule has 0 spiro atoms. The van der Waals surface area contributed by atoms with Crippen molar-refractivity contribution in [3.8, 4) is 5.75 Å². The highest BCUT2D eigenvalue weighted by Gasteiger charge is 2.13. The molecular weight excluding hydrogens is 274 g/mol. The predicted octanol–water partition coefficient (Wildman–Crippen LogP) is 2.54. The van der Waals surface area contributed by atoms with Gasteiger partial charge >= 0.3 is 5.97 Å². The van der Waals surface area contributed by atoms with Crippen molar-refractivity contribution < 1.29 is 24.2 Å². The first-order valence-electron chi connectivity index (χ1n) is 6.76. The number of aromatic carboxylic acids is 1. The van der Waals surface area contributed by atoms with Crippen LogP contribution >= 0.6 is 0 Å². The minimum absolute atomic E-state index is 0.0789. The monoisotopic (exact) mass is 295 g/mol. The van der Waals surface area contributed by atoms with Crippen molar-refractivity contribution in [2.75, 3.05) is 19.0 Å². The third-order valence-corrected chi connectivity index (χ3v) is 2.62. The van der Waals surface area contributed by atoms with Crippen LogP contribution in [0.4, 0.5) is 5.69 Å². The molecule has 1 amide bonds. The van der Waals surface area contributed by atoms with Gasteiger partial charge in [0.1, 0.15) is 5.75 Å². The highest BCUT2D eigenvalue weighted by molar-refractivity contribution is 5.95. The average Bonchev–Trinajstić information content (AvgIpc) is 2.40. The number of benzene rings is 1. The quantitative estimate of drug-likeness (QED) is 0.720. The summed E-state index contributed by atoms with van der Waals surface area (Å²) in [5.74, 6) is -0.806. The van der Waals surface area contributed by atoms with Crippen molar-refractivity contribution in [3.63, 3.8) is 0 Å². The molecule has 0 unspecified atom stereocenters. The van der Waals surface area contributed by atoms with E-state index in [1.807, 2.05) is 13.8 Å². The van der Waals surface area contributed by atoms with Crippen LogP contribution in [-0.4, -0.2) is 36.8 Å². The number of methoxy groups -OCH3 is 1. The number of hydrogen-bond donors (Lipinski definition) is 2. The molecule has 0 heterocycles. The van der Waals surface area contributed by atoms with Gasteiger partial charge in [0.15, 0.2) is 0 Å². The zero-order valence-electron chi connectivity index (χ0n) is 12.5. The van der Waals surface area contributed by atoms with Gasteiger partial charge in [0.2, 0.25) is 5.91 Å². The Bertz CT molecular complexity index is 499. The predicted molar refractivity (Wildman–Crippen MR) is 78.9 cm³/mol. The summed E-state index contributed by atoms with van der Waals surface area (Å²) in [5.41, 5.74) is 0.462. The van der Waals surface area contributed by atoms with Crippen LogP contribution in [0, 0.1) is 0 Å². The second-order valence-electron chi connectivity index (χ2n) is 4.83.